The van der Waals surface area contributed by atoms with E-state index in [0.717, 1.165) is 16.8 Å². The van der Waals surface area contributed by atoms with Gasteiger partial charge in [-0.2, -0.15) is 0 Å². The molecule has 0 aliphatic carbocycles. The first kappa shape index (κ1) is 24.5. The molecule has 178 valence electrons. The lowest BCUT2D eigenvalue weighted by atomic mass is 10.1. The summed E-state index contributed by atoms with van der Waals surface area (Å²) >= 11 is 1.38. The molecule has 0 radical (unpaired) electrons. The lowest BCUT2D eigenvalue weighted by Gasteiger charge is -2.11. The van der Waals surface area contributed by atoms with E-state index in [9.17, 15) is 9.59 Å². The monoisotopic (exact) mass is 483 g/mol. The maximum Gasteiger partial charge on any atom is 0.303 e. The maximum atomic E-state index is 11.7. The zero-order valence-electron chi connectivity index (χ0n) is 19.0. The normalized spacial score (nSPS) is 11.0. The van der Waals surface area contributed by atoms with Crippen LogP contribution in [0.2, 0.25) is 0 Å². The number of rotatable bonds is 9. The fourth-order valence-electron chi connectivity index (χ4n) is 2.95. The molecule has 2 aromatic carbocycles. The largest absolute Gasteiger partial charge is 0.496 e. The number of carbonyl (C=O) groups excluding carboxylic acids is 2. The highest BCUT2D eigenvalue weighted by Gasteiger charge is 2.11. The number of amides is 1. The van der Waals surface area contributed by atoms with Crippen molar-refractivity contribution in [3.63, 3.8) is 0 Å². The Labute approximate surface area is 200 Å². The van der Waals surface area contributed by atoms with Crippen LogP contribution in [0.3, 0.4) is 0 Å². The van der Waals surface area contributed by atoms with Gasteiger partial charge in [0.15, 0.2) is 17.7 Å². The van der Waals surface area contributed by atoms with E-state index < -0.39 is 11.9 Å². The number of aromatic nitrogens is 1. The summed E-state index contributed by atoms with van der Waals surface area (Å²) in [6, 6.07) is 12.6. The van der Waals surface area contributed by atoms with Crippen molar-refractivity contribution in [1.82, 2.24) is 4.98 Å². The molecule has 1 amide bonds. The van der Waals surface area contributed by atoms with Crippen molar-refractivity contribution in [2.75, 3.05) is 31.5 Å². The van der Waals surface area contributed by atoms with Crippen LogP contribution in [0, 0.1) is 0 Å². The van der Waals surface area contributed by atoms with Crippen molar-refractivity contribution < 1.29 is 23.8 Å². The first-order valence-electron chi connectivity index (χ1n) is 10.2. The van der Waals surface area contributed by atoms with E-state index in [-0.39, 0.29) is 19.1 Å². The molecule has 1 aromatic heterocycles. The average molecular weight is 484 g/mol. The fraction of sp³-hybridized carbons (Fsp3) is 0.217. The molecule has 0 atom stereocenters. The van der Waals surface area contributed by atoms with Crippen molar-refractivity contribution in [3.8, 4) is 22.8 Å². The average Bonchev–Trinajstić information content (AvgIpc) is 3.29. The predicted octanol–water partition coefficient (Wildman–Crippen LogP) is 3.26. The molecule has 10 nitrogen and oxygen atoms in total. The summed E-state index contributed by atoms with van der Waals surface area (Å²) in [7, 11) is 3.17. The van der Waals surface area contributed by atoms with Gasteiger partial charge in [-0.1, -0.05) is 18.2 Å². The number of hydrogen-bond acceptors (Lipinski definition) is 8. The van der Waals surface area contributed by atoms with Gasteiger partial charge < -0.3 is 30.6 Å². The summed E-state index contributed by atoms with van der Waals surface area (Å²) in [6.45, 7) is 1.19. The molecular formula is C23H25N5O5S. The molecule has 3 rings (SSSR count). The topological polar surface area (TPSA) is 137 Å². The second-order valence-corrected chi connectivity index (χ2v) is 7.77. The van der Waals surface area contributed by atoms with Crippen LogP contribution in [0.5, 0.6) is 11.5 Å². The van der Waals surface area contributed by atoms with Gasteiger partial charge in [0.25, 0.3) is 5.91 Å². The van der Waals surface area contributed by atoms with E-state index in [1.807, 2.05) is 35.7 Å². The van der Waals surface area contributed by atoms with E-state index in [0.29, 0.717) is 22.3 Å². The molecule has 0 aliphatic heterocycles. The minimum absolute atomic E-state index is 0.208. The summed E-state index contributed by atoms with van der Waals surface area (Å²) in [5, 5.41) is 8.11. The van der Waals surface area contributed by atoms with Gasteiger partial charge in [0.1, 0.15) is 11.5 Å². The number of hydrogen-bond donors (Lipinski definition) is 3. The summed E-state index contributed by atoms with van der Waals surface area (Å²) in [5.74, 6) is 0.615. The SMILES string of the molecule is COc1cccc(OC)c1CN=C(N)Nc1nc(-c2ccc(NC(=O)COC(C)=O)cc2)cs1. The first-order chi connectivity index (χ1) is 16.4. The van der Waals surface area contributed by atoms with E-state index in [1.165, 1.54) is 18.3 Å². The Kier molecular flexibility index (Phi) is 8.41. The number of nitrogens with zero attached hydrogens (tertiary/aromatic N) is 2. The van der Waals surface area contributed by atoms with Crippen LogP contribution in [0.1, 0.15) is 12.5 Å². The molecule has 0 unspecified atom stereocenters. The minimum Gasteiger partial charge on any atom is -0.496 e. The molecule has 11 heteroatoms. The van der Waals surface area contributed by atoms with Crippen molar-refractivity contribution in [1.29, 1.82) is 0 Å². The van der Waals surface area contributed by atoms with E-state index in [2.05, 4.69) is 25.3 Å². The van der Waals surface area contributed by atoms with Gasteiger partial charge in [0, 0.05) is 23.6 Å². The molecule has 3 aromatic rings. The lowest BCUT2D eigenvalue weighted by Crippen LogP contribution is -2.22. The van der Waals surface area contributed by atoms with Crippen molar-refractivity contribution in [2.24, 2.45) is 10.7 Å². The summed E-state index contributed by atoms with van der Waals surface area (Å²) in [5.41, 5.74) is 9.01. The molecular weight excluding hydrogens is 458 g/mol. The highest BCUT2D eigenvalue weighted by atomic mass is 32.1. The van der Waals surface area contributed by atoms with Gasteiger partial charge in [-0.15, -0.1) is 11.3 Å². The quantitative estimate of drug-likeness (QED) is 0.240. The van der Waals surface area contributed by atoms with Crippen molar-refractivity contribution in [3.05, 3.63) is 53.4 Å². The van der Waals surface area contributed by atoms with Gasteiger partial charge >= 0.3 is 5.97 Å². The highest BCUT2D eigenvalue weighted by molar-refractivity contribution is 7.14. The lowest BCUT2D eigenvalue weighted by molar-refractivity contribution is -0.144. The summed E-state index contributed by atoms with van der Waals surface area (Å²) < 4.78 is 15.4. The number of nitrogens with one attached hydrogen (secondary N) is 2. The first-order valence-corrected chi connectivity index (χ1v) is 11.0. The molecule has 1 heterocycles. The standard InChI is InChI=1S/C23H25N5O5S/c1-14(29)33-12-21(30)26-16-9-7-15(8-10-16)18-13-34-23(27-18)28-22(24)25-11-17-19(31-2)5-4-6-20(17)32-3/h4-10,13H,11-12H2,1-3H3,(H,26,30)(H3,24,25,27,28). The van der Waals surface area contributed by atoms with Gasteiger partial charge in [-0.3, -0.25) is 9.59 Å². The Bertz CT molecular complexity index is 1150. The Balaban J connectivity index is 1.61. The van der Waals surface area contributed by atoms with E-state index >= 15 is 0 Å². The molecule has 34 heavy (non-hydrogen) atoms. The van der Waals surface area contributed by atoms with Crippen LogP contribution in [0.4, 0.5) is 10.8 Å². The van der Waals surface area contributed by atoms with E-state index in [1.54, 1.807) is 26.4 Å². The predicted molar refractivity (Wildman–Crippen MR) is 131 cm³/mol. The van der Waals surface area contributed by atoms with Gasteiger partial charge in [0.05, 0.1) is 32.0 Å². The zero-order chi connectivity index (χ0) is 24.5. The minimum atomic E-state index is -0.511. The Morgan fingerprint density at radius 1 is 1.06 bits per heavy atom. The highest BCUT2D eigenvalue weighted by Crippen LogP contribution is 2.29. The molecule has 4 N–H and O–H groups in total. The Morgan fingerprint density at radius 2 is 1.74 bits per heavy atom. The van der Waals surface area contributed by atoms with Crippen LogP contribution in [0.25, 0.3) is 11.3 Å². The smallest absolute Gasteiger partial charge is 0.303 e. The number of guanidine groups is 1. The summed E-state index contributed by atoms with van der Waals surface area (Å²) in [4.78, 5) is 31.4. The number of benzene rings is 2. The second-order valence-electron chi connectivity index (χ2n) is 6.91. The van der Waals surface area contributed by atoms with Crippen LogP contribution in [-0.2, 0) is 20.9 Å². The number of methoxy groups -OCH3 is 2. The second kappa shape index (κ2) is 11.7. The molecule has 0 aliphatic rings. The van der Waals surface area contributed by atoms with Crippen LogP contribution in [0.15, 0.2) is 52.8 Å². The van der Waals surface area contributed by atoms with Crippen LogP contribution >= 0.6 is 11.3 Å². The number of carbonyl (C=O) groups is 2. The summed E-state index contributed by atoms with van der Waals surface area (Å²) in [6.07, 6.45) is 0. The fourth-order valence-corrected chi connectivity index (χ4v) is 3.68. The Hall–Kier alpha value is -4.12. The third-order valence-corrected chi connectivity index (χ3v) is 5.31. The van der Waals surface area contributed by atoms with Gasteiger partial charge in [-0.05, 0) is 24.3 Å². The molecule has 0 fully saturated rings. The van der Waals surface area contributed by atoms with E-state index in [4.69, 9.17) is 15.2 Å². The number of ether oxygens (including phenoxy) is 3. The number of thiazole rings is 1. The third-order valence-electron chi connectivity index (χ3n) is 4.55. The van der Waals surface area contributed by atoms with Crippen molar-refractivity contribution in [2.45, 2.75) is 13.5 Å². The van der Waals surface area contributed by atoms with Crippen LogP contribution in [-0.4, -0.2) is 43.6 Å². The molecule has 0 saturated carbocycles. The van der Waals surface area contributed by atoms with Gasteiger partial charge in [0.2, 0.25) is 0 Å². The molecule has 0 saturated heterocycles. The number of anilines is 2. The number of nitrogens with two attached hydrogens (primary N) is 1. The zero-order valence-corrected chi connectivity index (χ0v) is 19.8. The van der Waals surface area contributed by atoms with Crippen LogP contribution < -0.4 is 25.8 Å². The molecule has 0 spiro atoms. The Morgan fingerprint density at radius 3 is 2.35 bits per heavy atom. The maximum absolute atomic E-state index is 11.7. The van der Waals surface area contributed by atoms with Crippen molar-refractivity contribution >= 4 is 40.0 Å². The molecule has 0 bridgehead atoms. The number of aliphatic imine (C=N–C) groups is 1. The number of esters is 1. The third kappa shape index (κ3) is 6.69. The van der Waals surface area contributed by atoms with Gasteiger partial charge in [-0.25, -0.2) is 9.98 Å².